The Morgan fingerprint density at radius 3 is 2.38 bits per heavy atom. The van der Waals surface area contributed by atoms with Crippen LogP contribution >= 0.6 is 15.9 Å². The highest BCUT2D eigenvalue weighted by Crippen LogP contribution is 2.27. The molecule has 2 rings (SSSR count). The van der Waals surface area contributed by atoms with Crippen molar-refractivity contribution in [2.45, 2.75) is 11.8 Å². The van der Waals surface area contributed by atoms with Gasteiger partial charge in [0.15, 0.2) is 0 Å². The van der Waals surface area contributed by atoms with E-state index in [4.69, 9.17) is 0 Å². The van der Waals surface area contributed by atoms with Crippen LogP contribution in [0.25, 0.3) is 0 Å². The standard InChI is InChI=1S/C13H9BrF3NO2S/c1-7-4-11(17)9(14)6-12(7)18-21(19,20)13-5-8(15)2-3-10(13)16/h2-6,18H,1H3. The average Bonchev–Trinajstić information content (AvgIpc) is 2.38. The van der Waals surface area contributed by atoms with Gasteiger partial charge in [0.25, 0.3) is 10.0 Å². The Hall–Kier alpha value is -1.54. The molecule has 8 heteroatoms. The molecule has 2 aromatic carbocycles. The van der Waals surface area contributed by atoms with Crippen molar-refractivity contribution in [2.75, 3.05) is 4.72 Å². The van der Waals surface area contributed by atoms with E-state index in [2.05, 4.69) is 20.7 Å². The number of nitrogens with one attached hydrogen (secondary N) is 1. The zero-order valence-corrected chi connectivity index (χ0v) is 13.0. The van der Waals surface area contributed by atoms with E-state index in [1.807, 2.05) is 0 Å². The first kappa shape index (κ1) is 15.8. The van der Waals surface area contributed by atoms with Gasteiger partial charge >= 0.3 is 0 Å². The van der Waals surface area contributed by atoms with Gasteiger partial charge in [-0.2, -0.15) is 0 Å². The molecule has 2 aromatic rings. The summed E-state index contributed by atoms with van der Waals surface area (Å²) in [5, 5.41) is 0. The normalized spacial score (nSPS) is 11.5. The summed E-state index contributed by atoms with van der Waals surface area (Å²) in [5.41, 5.74) is 0.364. The predicted octanol–water partition coefficient (Wildman–Crippen LogP) is 3.98. The third-order valence-electron chi connectivity index (χ3n) is 2.69. The molecular formula is C13H9BrF3NO2S. The van der Waals surface area contributed by atoms with E-state index in [1.54, 1.807) is 0 Å². The second-order valence-corrected chi connectivity index (χ2v) is 6.77. The van der Waals surface area contributed by atoms with Crippen molar-refractivity contribution in [3.05, 3.63) is 57.8 Å². The fraction of sp³-hybridized carbons (Fsp3) is 0.0769. The largest absolute Gasteiger partial charge is 0.279 e. The monoisotopic (exact) mass is 379 g/mol. The number of rotatable bonds is 3. The second-order valence-electron chi connectivity index (χ2n) is 4.26. The van der Waals surface area contributed by atoms with Crippen LogP contribution < -0.4 is 4.72 Å². The molecule has 3 nitrogen and oxygen atoms in total. The Morgan fingerprint density at radius 1 is 1.05 bits per heavy atom. The quantitative estimate of drug-likeness (QED) is 0.876. The zero-order valence-electron chi connectivity index (χ0n) is 10.6. The van der Waals surface area contributed by atoms with Crippen LogP contribution in [0, 0.1) is 24.4 Å². The van der Waals surface area contributed by atoms with Gasteiger partial charge in [0.1, 0.15) is 22.3 Å². The molecule has 0 bridgehead atoms. The first-order chi connectivity index (χ1) is 9.70. The van der Waals surface area contributed by atoms with Crippen molar-refractivity contribution in [2.24, 2.45) is 0 Å². The fourth-order valence-electron chi connectivity index (χ4n) is 1.64. The zero-order chi connectivity index (χ0) is 15.8. The van der Waals surface area contributed by atoms with E-state index in [1.165, 1.54) is 13.0 Å². The van der Waals surface area contributed by atoms with Crippen molar-refractivity contribution >= 4 is 31.6 Å². The third kappa shape index (κ3) is 3.38. The topological polar surface area (TPSA) is 46.2 Å². The molecule has 0 saturated heterocycles. The van der Waals surface area contributed by atoms with Crippen LogP contribution in [0.1, 0.15) is 5.56 Å². The average molecular weight is 380 g/mol. The van der Waals surface area contributed by atoms with Crippen molar-refractivity contribution < 1.29 is 21.6 Å². The highest BCUT2D eigenvalue weighted by molar-refractivity contribution is 9.10. The van der Waals surface area contributed by atoms with Crippen molar-refractivity contribution in [3.63, 3.8) is 0 Å². The SMILES string of the molecule is Cc1cc(F)c(Br)cc1NS(=O)(=O)c1cc(F)ccc1F. The van der Waals surface area contributed by atoms with Gasteiger partial charge in [-0.3, -0.25) is 4.72 Å². The van der Waals surface area contributed by atoms with Crippen LogP contribution in [0.3, 0.4) is 0 Å². The maximum Gasteiger partial charge on any atom is 0.264 e. The number of benzene rings is 2. The highest BCUT2D eigenvalue weighted by Gasteiger charge is 2.21. The molecule has 112 valence electrons. The van der Waals surface area contributed by atoms with Crippen molar-refractivity contribution in [1.29, 1.82) is 0 Å². The number of anilines is 1. The summed E-state index contributed by atoms with van der Waals surface area (Å²) in [6.45, 7) is 1.48. The molecule has 0 amide bonds. The van der Waals surface area contributed by atoms with Gasteiger partial charge in [0, 0.05) is 0 Å². The predicted molar refractivity (Wildman–Crippen MR) is 76.0 cm³/mol. The number of hydrogen-bond acceptors (Lipinski definition) is 2. The molecule has 0 saturated carbocycles. The Labute approximate surface area is 128 Å². The van der Waals surface area contributed by atoms with Crippen LogP contribution in [0.4, 0.5) is 18.9 Å². The molecule has 0 aromatic heterocycles. The Morgan fingerprint density at radius 2 is 1.71 bits per heavy atom. The molecule has 0 spiro atoms. The van der Waals surface area contributed by atoms with Crippen molar-refractivity contribution in [1.82, 2.24) is 0 Å². The Bertz CT molecular complexity index is 809. The first-order valence-corrected chi connectivity index (χ1v) is 7.92. The number of hydrogen-bond donors (Lipinski definition) is 1. The Balaban J connectivity index is 2.47. The summed E-state index contributed by atoms with van der Waals surface area (Å²) < 4.78 is 66.3. The lowest BCUT2D eigenvalue weighted by Gasteiger charge is -2.12. The number of sulfonamides is 1. The minimum Gasteiger partial charge on any atom is -0.279 e. The van der Waals surface area contributed by atoms with E-state index in [0.29, 0.717) is 11.6 Å². The van der Waals surface area contributed by atoms with E-state index in [-0.39, 0.29) is 10.2 Å². The lowest BCUT2D eigenvalue weighted by Crippen LogP contribution is -2.15. The maximum atomic E-state index is 13.6. The smallest absolute Gasteiger partial charge is 0.264 e. The summed E-state index contributed by atoms with van der Waals surface area (Å²) >= 11 is 2.93. The van der Waals surface area contributed by atoms with Crippen LogP contribution in [0.15, 0.2) is 39.7 Å². The minimum absolute atomic E-state index is 0.0468. The van der Waals surface area contributed by atoms with Crippen LogP contribution in [-0.2, 0) is 10.0 Å². The molecule has 0 aliphatic rings. The molecule has 21 heavy (non-hydrogen) atoms. The van der Waals surface area contributed by atoms with Crippen LogP contribution in [0.2, 0.25) is 0 Å². The summed E-state index contributed by atoms with van der Waals surface area (Å²) in [4.78, 5) is -0.817. The van der Waals surface area contributed by atoms with E-state index in [9.17, 15) is 21.6 Å². The maximum absolute atomic E-state index is 13.6. The van der Waals surface area contributed by atoms with Crippen LogP contribution in [-0.4, -0.2) is 8.42 Å². The molecule has 0 heterocycles. The van der Waals surface area contributed by atoms with E-state index < -0.39 is 32.4 Å². The first-order valence-electron chi connectivity index (χ1n) is 5.64. The summed E-state index contributed by atoms with van der Waals surface area (Å²) in [6.07, 6.45) is 0. The summed E-state index contributed by atoms with van der Waals surface area (Å²) in [7, 11) is -4.33. The van der Waals surface area contributed by atoms with Gasteiger partial charge in [0.2, 0.25) is 0 Å². The van der Waals surface area contributed by atoms with Gasteiger partial charge in [-0.25, -0.2) is 21.6 Å². The van der Waals surface area contributed by atoms with Gasteiger partial charge < -0.3 is 0 Å². The number of halogens is 4. The van der Waals surface area contributed by atoms with E-state index >= 15 is 0 Å². The lowest BCUT2D eigenvalue weighted by atomic mass is 10.2. The van der Waals surface area contributed by atoms with Gasteiger partial charge in [-0.1, -0.05) is 0 Å². The number of aryl methyl sites for hydroxylation is 1. The molecule has 0 aliphatic heterocycles. The lowest BCUT2D eigenvalue weighted by molar-refractivity contribution is 0.555. The van der Waals surface area contributed by atoms with Crippen LogP contribution in [0.5, 0.6) is 0 Å². The molecule has 0 aliphatic carbocycles. The highest BCUT2D eigenvalue weighted by atomic mass is 79.9. The molecule has 0 atom stereocenters. The van der Waals surface area contributed by atoms with Crippen molar-refractivity contribution in [3.8, 4) is 0 Å². The van der Waals surface area contributed by atoms with Gasteiger partial charge in [0.05, 0.1) is 10.2 Å². The van der Waals surface area contributed by atoms with Gasteiger partial charge in [-0.05, 0) is 58.7 Å². The fourth-order valence-corrected chi connectivity index (χ4v) is 3.19. The summed E-state index contributed by atoms with van der Waals surface area (Å²) in [5.74, 6) is -2.52. The molecule has 0 fully saturated rings. The minimum atomic E-state index is -4.33. The molecule has 0 unspecified atom stereocenters. The molecular weight excluding hydrogens is 371 g/mol. The summed E-state index contributed by atoms with van der Waals surface area (Å²) in [6, 6.07) is 4.43. The van der Waals surface area contributed by atoms with E-state index in [0.717, 1.165) is 18.2 Å². The second kappa shape index (κ2) is 5.69. The molecule has 0 radical (unpaired) electrons. The Kier molecular flexibility index (Phi) is 4.29. The van der Waals surface area contributed by atoms with Gasteiger partial charge in [-0.15, -0.1) is 0 Å². The molecule has 1 N–H and O–H groups in total. The third-order valence-corrected chi connectivity index (χ3v) is 4.68.